The second kappa shape index (κ2) is 9.49. The Morgan fingerprint density at radius 1 is 0.824 bits per heavy atom. The quantitative estimate of drug-likeness (QED) is 0.359. The number of alkyl halides is 1. The minimum atomic E-state index is -0.367. The molecule has 0 unspecified atom stereocenters. The standard InChI is InChI=1S/C12H25IO4/c1-8(7-13)10(14-3)9(2)11(15-4)12(16-5)17-6/h8-12H,7H2,1-6H3/t8-,9+,10-,11-/m1/s1. The predicted octanol–water partition coefficient (Wildman–Crippen LogP) is 2.34. The fraction of sp³-hybridized carbons (Fsp3) is 1.00. The van der Waals surface area contributed by atoms with Gasteiger partial charge in [-0.2, -0.15) is 0 Å². The molecule has 0 aliphatic rings. The molecule has 4 nitrogen and oxygen atoms in total. The van der Waals surface area contributed by atoms with Gasteiger partial charge in [-0.3, -0.25) is 0 Å². The molecule has 0 spiro atoms. The van der Waals surface area contributed by atoms with Gasteiger partial charge in [-0.05, 0) is 5.92 Å². The molecule has 4 atom stereocenters. The van der Waals surface area contributed by atoms with Crippen molar-refractivity contribution in [3.63, 3.8) is 0 Å². The molecule has 0 radical (unpaired) electrons. The van der Waals surface area contributed by atoms with E-state index in [2.05, 4.69) is 36.4 Å². The van der Waals surface area contributed by atoms with Crippen LogP contribution in [0.2, 0.25) is 0 Å². The van der Waals surface area contributed by atoms with Gasteiger partial charge in [0.15, 0.2) is 6.29 Å². The van der Waals surface area contributed by atoms with Gasteiger partial charge in [0.2, 0.25) is 0 Å². The molecule has 0 N–H and O–H groups in total. The van der Waals surface area contributed by atoms with Crippen molar-refractivity contribution in [2.45, 2.75) is 32.3 Å². The number of hydrogen-bond acceptors (Lipinski definition) is 4. The minimum absolute atomic E-state index is 0.129. The summed E-state index contributed by atoms with van der Waals surface area (Å²) in [5.41, 5.74) is 0. The van der Waals surface area contributed by atoms with E-state index in [1.54, 1.807) is 28.4 Å². The average molecular weight is 360 g/mol. The van der Waals surface area contributed by atoms with Crippen LogP contribution in [0.15, 0.2) is 0 Å². The number of ether oxygens (including phenoxy) is 4. The SMILES string of the molecule is COC(OC)[C@H](OC)[C@@H](C)[C@H](OC)[C@H](C)CI. The van der Waals surface area contributed by atoms with Crippen LogP contribution in [0, 0.1) is 11.8 Å². The van der Waals surface area contributed by atoms with Gasteiger partial charge < -0.3 is 18.9 Å². The van der Waals surface area contributed by atoms with Gasteiger partial charge in [-0.25, -0.2) is 0 Å². The molecular formula is C12H25IO4. The summed E-state index contributed by atoms with van der Waals surface area (Å²) in [5, 5.41) is 0. The zero-order valence-electron chi connectivity index (χ0n) is 11.6. The number of halogens is 1. The second-order valence-corrected chi connectivity index (χ2v) is 5.11. The van der Waals surface area contributed by atoms with Crippen molar-refractivity contribution >= 4 is 22.6 Å². The fourth-order valence-corrected chi connectivity index (χ4v) is 2.68. The van der Waals surface area contributed by atoms with Crippen LogP contribution in [0.5, 0.6) is 0 Å². The summed E-state index contributed by atoms with van der Waals surface area (Å²) < 4.78 is 22.7. The lowest BCUT2D eigenvalue weighted by molar-refractivity contribution is -0.200. The highest BCUT2D eigenvalue weighted by Gasteiger charge is 2.34. The van der Waals surface area contributed by atoms with E-state index in [1.807, 2.05) is 0 Å². The average Bonchev–Trinajstić information content (AvgIpc) is 2.35. The molecule has 17 heavy (non-hydrogen) atoms. The first-order valence-corrected chi connectivity index (χ1v) is 7.26. The summed E-state index contributed by atoms with van der Waals surface area (Å²) in [6.07, 6.45) is -0.376. The van der Waals surface area contributed by atoms with E-state index in [0.717, 1.165) is 4.43 Å². The number of methoxy groups -OCH3 is 4. The topological polar surface area (TPSA) is 36.9 Å². The summed E-state index contributed by atoms with van der Waals surface area (Å²) in [6, 6.07) is 0. The molecule has 0 aromatic heterocycles. The van der Waals surface area contributed by atoms with Crippen molar-refractivity contribution in [2.75, 3.05) is 32.9 Å². The predicted molar refractivity (Wildman–Crippen MR) is 76.6 cm³/mol. The molecule has 0 bridgehead atoms. The van der Waals surface area contributed by atoms with E-state index in [9.17, 15) is 0 Å². The molecule has 0 fully saturated rings. The Hall–Kier alpha value is 0.570. The van der Waals surface area contributed by atoms with Crippen LogP contribution < -0.4 is 0 Å². The van der Waals surface area contributed by atoms with Crippen molar-refractivity contribution in [3.05, 3.63) is 0 Å². The highest BCUT2D eigenvalue weighted by atomic mass is 127. The normalized spacial score (nSPS) is 19.1. The van der Waals surface area contributed by atoms with Gasteiger partial charge in [0.05, 0.1) is 6.10 Å². The Morgan fingerprint density at radius 3 is 1.59 bits per heavy atom. The van der Waals surface area contributed by atoms with Crippen molar-refractivity contribution in [1.29, 1.82) is 0 Å². The van der Waals surface area contributed by atoms with Gasteiger partial charge in [0, 0.05) is 38.8 Å². The van der Waals surface area contributed by atoms with Gasteiger partial charge >= 0.3 is 0 Å². The Labute approximate surface area is 118 Å². The van der Waals surface area contributed by atoms with E-state index >= 15 is 0 Å². The van der Waals surface area contributed by atoms with Crippen molar-refractivity contribution in [1.82, 2.24) is 0 Å². The van der Waals surface area contributed by atoms with Crippen LogP contribution >= 0.6 is 22.6 Å². The number of rotatable bonds is 9. The first-order valence-electron chi connectivity index (χ1n) is 5.74. The van der Waals surface area contributed by atoms with Crippen LogP contribution in [-0.4, -0.2) is 51.4 Å². The first kappa shape index (κ1) is 17.6. The minimum Gasteiger partial charge on any atom is -0.381 e. The molecule has 0 saturated carbocycles. The van der Waals surface area contributed by atoms with Gasteiger partial charge in [-0.1, -0.05) is 36.4 Å². The van der Waals surface area contributed by atoms with Crippen LogP contribution in [-0.2, 0) is 18.9 Å². The van der Waals surface area contributed by atoms with Crippen LogP contribution in [0.4, 0.5) is 0 Å². The van der Waals surface area contributed by atoms with E-state index in [1.165, 1.54) is 0 Å². The molecule has 0 heterocycles. The van der Waals surface area contributed by atoms with Gasteiger partial charge in [-0.15, -0.1) is 0 Å². The monoisotopic (exact) mass is 360 g/mol. The van der Waals surface area contributed by atoms with Crippen molar-refractivity contribution in [2.24, 2.45) is 11.8 Å². The molecule has 0 aliphatic carbocycles. The fourth-order valence-electron chi connectivity index (χ4n) is 2.18. The maximum absolute atomic E-state index is 5.59. The lowest BCUT2D eigenvalue weighted by atomic mass is 9.89. The number of hydrogen-bond donors (Lipinski definition) is 0. The van der Waals surface area contributed by atoms with Crippen LogP contribution in [0.1, 0.15) is 13.8 Å². The summed E-state index contributed by atoms with van der Waals surface area (Å²) in [6.45, 7) is 4.29. The third kappa shape index (κ3) is 4.98. The van der Waals surface area contributed by atoms with E-state index < -0.39 is 0 Å². The van der Waals surface area contributed by atoms with Crippen LogP contribution in [0.25, 0.3) is 0 Å². The zero-order chi connectivity index (χ0) is 13.4. The van der Waals surface area contributed by atoms with E-state index in [0.29, 0.717) is 5.92 Å². The highest BCUT2D eigenvalue weighted by molar-refractivity contribution is 14.1. The summed E-state index contributed by atoms with van der Waals surface area (Å²) >= 11 is 2.37. The largest absolute Gasteiger partial charge is 0.381 e. The molecule has 0 saturated heterocycles. The Balaban J connectivity index is 4.74. The van der Waals surface area contributed by atoms with Crippen molar-refractivity contribution < 1.29 is 18.9 Å². The van der Waals surface area contributed by atoms with Crippen molar-refractivity contribution in [3.8, 4) is 0 Å². The lowest BCUT2D eigenvalue weighted by Crippen LogP contribution is -2.44. The lowest BCUT2D eigenvalue weighted by Gasteiger charge is -2.35. The van der Waals surface area contributed by atoms with E-state index in [-0.39, 0.29) is 24.4 Å². The third-order valence-corrected chi connectivity index (χ3v) is 4.51. The Kier molecular flexibility index (Phi) is 9.81. The Morgan fingerprint density at radius 2 is 1.29 bits per heavy atom. The molecule has 104 valence electrons. The highest BCUT2D eigenvalue weighted by Crippen LogP contribution is 2.25. The molecule has 0 aromatic carbocycles. The smallest absolute Gasteiger partial charge is 0.183 e. The maximum Gasteiger partial charge on any atom is 0.183 e. The molecule has 0 amide bonds. The molecule has 5 heteroatoms. The van der Waals surface area contributed by atoms with E-state index in [4.69, 9.17) is 18.9 Å². The zero-order valence-corrected chi connectivity index (χ0v) is 13.8. The molecule has 0 rings (SSSR count). The molecular weight excluding hydrogens is 335 g/mol. The van der Waals surface area contributed by atoms with Crippen LogP contribution in [0.3, 0.4) is 0 Å². The maximum atomic E-state index is 5.59. The summed E-state index contributed by atoms with van der Waals surface area (Å²) in [7, 11) is 6.66. The second-order valence-electron chi connectivity index (χ2n) is 4.23. The summed E-state index contributed by atoms with van der Waals surface area (Å²) in [5.74, 6) is 0.655. The Bertz CT molecular complexity index is 187. The molecule has 0 aliphatic heterocycles. The van der Waals surface area contributed by atoms with Gasteiger partial charge in [0.25, 0.3) is 0 Å². The third-order valence-electron chi connectivity index (χ3n) is 3.12. The first-order chi connectivity index (χ1) is 8.06. The molecule has 0 aromatic rings. The summed E-state index contributed by atoms with van der Waals surface area (Å²) in [4.78, 5) is 0. The van der Waals surface area contributed by atoms with Gasteiger partial charge in [0.1, 0.15) is 6.10 Å².